The van der Waals surface area contributed by atoms with Crippen LogP contribution in [0.15, 0.2) is 70.4 Å². The average molecular weight is 626 g/mol. The largest absolute Gasteiger partial charge is 1.00 e. The molecule has 37 heavy (non-hydrogen) atoms. The van der Waals surface area contributed by atoms with Gasteiger partial charge in [0.15, 0.2) is 0 Å². The Morgan fingerprint density at radius 2 is 1.57 bits per heavy atom. The van der Waals surface area contributed by atoms with Crippen molar-refractivity contribution in [1.82, 2.24) is 0 Å². The zero-order chi connectivity index (χ0) is 24.3. The second-order valence-electron chi connectivity index (χ2n) is 11.5. The zero-order valence-corrected chi connectivity index (χ0v) is 27.2. The molecule has 2 unspecified atom stereocenters. The molecule has 2 bridgehead atoms. The summed E-state index contributed by atoms with van der Waals surface area (Å²) in [4.78, 5) is 0. The molecular weight excluding hydrogens is 591 g/mol. The minimum atomic E-state index is -1.08. The quantitative estimate of drug-likeness (QED) is 0.399. The van der Waals surface area contributed by atoms with Gasteiger partial charge in [0.1, 0.15) is 5.76 Å². The molecule has 0 saturated heterocycles. The van der Waals surface area contributed by atoms with Gasteiger partial charge in [0.2, 0.25) is 0 Å². The van der Waals surface area contributed by atoms with Crippen LogP contribution in [0.4, 0.5) is 0 Å². The summed E-state index contributed by atoms with van der Waals surface area (Å²) in [6.07, 6.45) is 11.2. The SMILES string of the molecule is CC1=C2c3ccoc3C1[Si]2(C)C.CC1=Cc2c(-c3ccc(C4CCCCC4)cc3)cccc2[CH]1[Zr+2].[Cl-].[Cl-]. The zero-order valence-electron chi connectivity index (χ0n) is 22.2. The summed E-state index contributed by atoms with van der Waals surface area (Å²) >= 11 is 1.60. The number of hydrogen-bond donors (Lipinski definition) is 0. The first-order chi connectivity index (χ1) is 16.9. The molecule has 1 nitrogen and oxygen atoms in total. The molecule has 8 rings (SSSR count). The van der Waals surface area contributed by atoms with Crippen LogP contribution in [0.25, 0.3) is 22.4 Å². The summed E-state index contributed by atoms with van der Waals surface area (Å²) in [5.74, 6) is 2.06. The molecule has 0 radical (unpaired) electrons. The molecule has 1 saturated carbocycles. The third kappa shape index (κ3) is 4.77. The van der Waals surface area contributed by atoms with Crippen molar-refractivity contribution in [2.75, 3.05) is 0 Å². The predicted octanol–water partition coefficient (Wildman–Crippen LogP) is 3.36. The van der Waals surface area contributed by atoms with E-state index in [-0.39, 0.29) is 24.8 Å². The summed E-state index contributed by atoms with van der Waals surface area (Å²) in [5, 5.41) is 1.66. The standard InChI is InChI=1S/C22H23.C10H12OSi.2ClH.Zr/c1-16-14-20-8-5-9-21(22(20)15-16)19-12-10-18(11-13-19)17-6-3-2-4-7-17;1-6-9-7-4-5-11-8(7)10(6)12(9,2)3;;;/h5,8-15,17H,2-4,6-7H2,1H3;4-5,10H,1-3H3;2*1H;/q;;;;+2/p-2. The van der Waals surface area contributed by atoms with E-state index < -0.39 is 8.07 Å². The van der Waals surface area contributed by atoms with Crippen LogP contribution in [-0.2, 0) is 24.7 Å². The summed E-state index contributed by atoms with van der Waals surface area (Å²) < 4.78 is 6.18. The minimum Gasteiger partial charge on any atom is -1.00 e. The van der Waals surface area contributed by atoms with E-state index in [1.807, 2.05) is 6.26 Å². The van der Waals surface area contributed by atoms with Crippen LogP contribution >= 0.6 is 0 Å². The number of allylic oxidation sites excluding steroid dienone is 2. The van der Waals surface area contributed by atoms with E-state index in [4.69, 9.17) is 4.42 Å². The summed E-state index contributed by atoms with van der Waals surface area (Å²) in [6.45, 7) is 9.41. The van der Waals surface area contributed by atoms with Crippen molar-refractivity contribution >= 4 is 19.3 Å². The van der Waals surface area contributed by atoms with Crippen LogP contribution < -0.4 is 24.8 Å². The fourth-order valence-corrected chi connectivity index (χ4v) is 12.3. The van der Waals surface area contributed by atoms with Gasteiger partial charge in [-0.05, 0) is 18.2 Å². The first-order valence-corrected chi connectivity index (χ1v) is 17.8. The Balaban J connectivity index is 0.000000193. The minimum absolute atomic E-state index is 0. The van der Waals surface area contributed by atoms with E-state index in [1.54, 1.807) is 41.1 Å². The Hall–Kier alpha value is -1.12. The van der Waals surface area contributed by atoms with Gasteiger partial charge in [0.25, 0.3) is 0 Å². The van der Waals surface area contributed by atoms with E-state index >= 15 is 0 Å². The summed E-state index contributed by atoms with van der Waals surface area (Å²) in [5.41, 5.74) is 12.5. The van der Waals surface area contributed by atoms with Crippen LogP contribution in [0.1, 0.15) is 89.1 Å². The van der Waals surface area contributed by atoms with E-state index in [1.165, 1.54) is 71.3 Å². The van der Waals surface area contributed by atoms with Crippen LogP contribution in [0.2, 0.25) is 13.1 Å². The average Bonchev–Trinajstić information content (AvgIpc) is 3.57. The molecule has 3 heterocycles. The van der Waals surface area contributed by atoms with Gasteiger partial charge in [0.05, 0.1) is 14.3 Å². The van der Waals surface area contributed by atoms with Crippen molar-refractivity contribution < 1.29 is 54.0 Å². The predicted molar refractivity (Wildman–Crippen MR) is 146 cm³/mol. The Morgan fingerprint density at radius 3 is 2.22 bits per heavy atom. The Morgan fingerprint density at radius 1 is 0.865 bits per heavy atom. The van der Waals surface area contributed by atoms with E-state index in [0.717, 1.165) is 5.92 Å². The molecule has 0 spiro atoms. The van der Waals surface area contributed by atoms with Gasteiger partial charge in [-0.2, -0.15) is 0 Å². The fraction of sp³-hybridized carbons (Fsp3) is 0.375. The van der Waals surface area contributed by atoms with Crippen molar-refractivity contribution in [3.8, 4) is 11.1 Å². The number of rotatable bonds is 2. The van der Waals surface area contributed by atoms with Crippen LogP contribution in [-0.4, -0.2) is 8.07 Å². The molecular formula is C32H35Cl2OSiZr. The molecule has 3 aromatic rings. The van der Waals surface area contributed by atoms with Gasteiger partial charge < -0.3 is 29.2 Å². The molecule has 2 atom stereocenters. The van der Waals surface area contributed by atoms with E-state index in [2.05, 4.69) is 81.5 Å². The Labute approximate surface area is 250 Å². The maximum Gasteiger partial charge on any atom is -1.00 e. The second-order valence-corrected chi connectivity index (χ2v) is 17.4. The molecule has 5 aliphatic rings. The van der Waals surface area contributed by atoms with E-state index in [9.17, 15) is 0 Å². The summed E-state index contributed by atoms with van der Waals surface area (Å²) in [7, 11) is -1.08. The Kier molecular flexibility index (Phi) is 8.71. The molecule has 0 N–H and O–H groups in total. The smallest absolute Gasteiger partial charge is 1.00 e. The number of fused-ring (bicyclic) bond motifs is 1. The molecule has 191 valence electrons. The van der Waals surface area contributed by atoms with Gasteiger partial charge in [-0.1, -0.05) is 18.7 Å². The fourth-order valence-electron chi connectivity index (χ4n) is 7.27. The van der Waals surface area contributed by atoms with Crippen molar-refractivity contribution in [3.05, 3.63) is 94.0 Å². The molecule has 2 aliphatic heterocycles. The first kappa shape index (κ1) is 28.9. The topological polar surface area (TPSA) is 13.1 Å². The third-order valence-corrected chi connectivity index (χ3v) is 15.0. The van der Waals surface area contributed by atoms with E-state index in [0.29, 0.717) is 9.17 Å². The van der Waals surface area contributed by atoms with Crippen LogP contribution in [0, 0.1) is 0 Å². The van der Waals surface area contributed by atoms with Crippen molar-refractivity contribution in [2.24, 2.45) is 0 Å². The van der Waals surface area contributed by atoms with Crippen molar-refractivity contribution in [3.63, 3.8) is 0 Å². The monoisotopic (exact) mass is 623 g/mol. The second kappa shape index (κ2) is 11.2. The maximum absolute atomic E-state index is 5.53. The number of benzene rings is 2. The van der Waals surface area contributed by atoms with Gasteiger partial charge in [-0.15, -0.1) is 0 Å². The van der Waals surface area contributed by atoms with Gasteiger partial charge >= 0.3 is 155 Å². The molecule has 1 aromatic heterocycles. The number of halogens is 2. The molecule has 0 amide bonds. The normalized spacial score (nSPS) is 22.5. The van der Waals surface area contributed by atoms with Gasteiger partial charge in [0, 0.05) is 11.1 Å². The summed E-state index contributed by atoms with van der Waals surface area (Å²) in [6, 6.07) is 18.4. The molecule has 1 fully saturated rings. The Bertz CT molecular complexity index is 1350. The maximum atomic E-state index is 5.53. The third-order valence-electron chi connectivity index (χ3n) is 9.00. The van der Waals surface area contributed by atoms with Crippen molar-refractivity contribution in [2.45, 2.75) is 74.1 Å². The van der Waals surface area contributed by atoms with Crippen molar-refractivity contribution in [1.29, 1.82) is 0 Å². The van der Waals surface area contributed by atoms with Gasteiger partial charge in [-0.3, -0.25) is 0 Å². The van der Waals surface area contributed by atoms with Crippen LogP contribution in [0.5, 0.6) is 0 Å². The first-order valence-electron chi connectivity index (χ1n) is 13.3. The number of hydrogen-bond acceptors (Lipinski definition) is 1. The van der Waals surface area contributed by atoms with Gasteiger partial charge in [-0.25, -0.2) is 0 Å². The number of furan rings is 1. The molecule has 5 heteroatoms. The molecule has 3 aliphatic carbocycles. The molecule has 2 aromatic carbocycles. The van der Waals surface area contributed by atoms with Crippen LogP contribution in [0.3, 0.4) is 0 Å².